The van der Waals surface area contributed by atoms with Gasteiger partial charge in [0.25, 0.3) is 5.91 Å². The first-order chi connectivity index (χ1) is 22.8. The standard InChI is InChI=1S/C36H36N4O7/c41-31-16-14-29(30-15-17-33(43)39-34(30)31)32(42)21-37-18-5-19-38-35(44)26-12-10-25(11-13-26)23-47-28-9-4-8-27(20-28)40(36(45)46)22-24-6-2-1-3-7-24/h1-4,6-17,20,32,37,41-42H,5,18-19,21-23H2,(H,38,44)(H,39,43)(H,45,46). The summed E-state index contributed by atoms with van der Waals surface area (Å²) in [5, 5.41) is 37.1. The maximum absolute atomic E-state index is 12.6. The van der Waals surface area contributed by atoms with Crippen molar-refractivity contribution in [2.45, 2.75) is 25.7 Å². The van der Waals surface area contributed by atoms with Crippen LogP contribution in [-0.2, 0) is 13.2 Å². The van der Waals surface area contributed by atoms with Gasteiger partial charge in [-0.25, -0.2) is 4.79 Å². The normalized spacial score (nSPS) is 11.6. The molecule has 0 aliphatic heterocycles. The van der Waals surface area contributed by atoms with Crippen LogP contribution in [0.3, 0.4) is 0 Å². The van der Waals surface area contributed by atoms with Gasteiger partial charge in [-0.1, -0.05) is 54.6 Å². The van der Waals surface area contributed by atoms with Gasteiger partial charge in [-0.3, -0.25) is 14.5 Å². The molecule has 4 aromatic carbocycles. The highest BCUT2D eigenvalue weighted by atomic mass is 16.5. The predicted molar refractivity (Wildman–Crippen MR) is 179 cm³/mol. The number of aliphatic hydroxyl groups excluding tert-OH is 1. The monoisotopic (exact) mass is 636 g/mol. The molecule has 0 bridgehead atoms. The number of phenolic OH excluding ortho intramolecular Hbond substituents is 1. The number of ether oxygens (including phenoxy) is 1. The van der Waals surface area contributed by atoms with E-state index in [0.29, 0.717) is 47.5 Å². The third-order valence-electron chi connectivity index (χ3n) is 7.58. The van der Waals surface area contributed by atoms with Crippen LogP contribution < -0.4 is 25.8 Å². The third kappa shape index (κ3) is 8.75. The second-order valence-corrected chi connectivity index (χ2v) is 11.0. The van der Waals surface area contributed by atoms with Crippen LogP contribution >= 0.6 is 0 Å². The van der Waals surface area contributed by atoms with Crippen LogP contribution in [0.5, 0.6) is 11.5 Å². The molecule has 1 atom stereocenters. The van der Waals surface area contributed by atoms with E-state index < -0.39 is 12.2 Å². The fourth-order valence-corrected chi connectivity index (χ4v) is 5.11. The Bertz CT molecular complexity index is 1880. The minimum Gasteiger partial charge on any atom is -0.506 e. The molecule has 0 fully saturated rings. The molecule has 47 heavy (non-hydrogen) atoms. The number of anilines is 1. The molecule has 5 aromatic rings. The summed E-state index contributed by atoms with van der Waals surface area (Å²) in [6.07, 6.45) is -1.28. The Morgan fingerprint density at radius 2 is 1.66 bits per heavy atom. The van der Waals surface area contributed by atoms with Crippen molar-refractivity contribution in [3.8, 4) is 11.5 Å². The van der Waals surface area contributed by atoms with Crippen LogP contribution in [0, 0.1) is 0 Å². The van der Waals surface area contributed by atoms with E-state index in [-0.39, 0.29) is 42.4 Å². The average Bonchev–Trinajstić information content (AvgIpc) is 3.08. The van der Waals surface area contributed by atoms with Crippen LogP contribution in [0.15, 0.2) is 108 Å². The number of aliphatic hydroxyl groups is 1. The summed E-state index contributed by atoms with van der Waals surface area (Å²) < 4.78 is 5.92. The molecular weight excluding hydrogens is 600 g/mol. The number of nitrogens with zero attached hydrogens (tertiary/aromatic N) is 1. The highest BCUT2D eigenvalue weighted by Crippen LogP contribution is 2.28. The number of aromatic amines is 1. The molecule has 242 valence electrons. The molecule has 0 saturated carbocycles. The number of pyridine rings is 1. The number of fused-ring (bicyclic) bond motifs is 1. The van der Waals surface area contributed by atoms with Gasteiger partial charge < -0.3 is 35.7 Å². The van der Waals surface area contributed by atoms with Crippen molar-refractivity contribution < 1.29 is 29.6 Å². The Hall–Kier alpha value is -5.65. The maximum Gasteiger partial charge on any atom is 0.412 e. The largest absolute Gasteiger partial charge is 0.506 e. The van der Waals surface area contributed by atoms with Gasteiger partial charge in [0.1, 0.15) is 18.1 Å². The van der Waals surface area contributed by atoms with Gasteiger partial charge in [0, 0.05) is 36.2 Å². The molecule has 6 N–H and O–H groups in total. The summed E-state index contributed by atoms with van der Waals surface area (Å²) in [5.41, 5.74) is 3.26. The van der Waals surface area contributed by atoms with E-state index in [1.807, 2.05) is 42.5 Å². The summed E-state index contributed by atoms with van der Waals surface area (Å²) in [7, 11) is 0. The number of nitrogens with one attached hydrogen (secondary N) is 3. The van der Waals surface area contributed by atoms with E-state index in [1.54, 1.807) is 48.5 Å². The predicted octanol–water partition coefficient (Wildman–Crippen LogP) is 4.94. The number of hydrogen-bond acceptors (Lipinski definition) is 7. The Morgan fingerprint density at radius 1 is 0.872 bits per heavy atom. The molecule has 5 rings (SSSR count). The fraction of sp³-hybridized carbons (Fsp3) is 0.194. The summed E-state index contributed by atoms with van der Waals surface area (Å²) in [6.45, 7) is 1.70. The lowest BCUT2D eigenvalue weighted by molar-refractivity contribution is 0.0952. The number of phenols is 1. The molecule has 11 nitrogen and oxygen atoms in total. The molecule has 1 unspecified atom stereocenters. The highest BCUT2D eigenvalue weighted by Gasteiger charge is 2.16. The van der Waals surface area contributed by atoms with Crippen molar-refractivity contribution in [3.05, 3.63) is 136 Å². The number of H-pyrrole nitrogens is 1. The number of amides is 2. The minimum atomic E-state index is -1.06. The first kappa shape index (κ1) is 32.7. The van der Waals surface area contributed by atoms with E-state index in [2.05, 4.69) is 15.6 Å². The van der Waals surface area contributed by atoms with E-state index in [0.717, 1.165) is 11.1 Å². The van der Waals surface area contributed by atoms with Crippen LogP contribution in [0.2, 0.25) is 0 Å². The number of rotatable bonds is 14. The minimum absolute atomic E-state index is 0.0629. The van der Waals surface area contributed by atoms with Crippen LogP contribution in [0.25, 0.3) is 10.9 Å². The topological polar surface area (TPSA) is 164 Å². The van der Waals surface area contributed by atoms with E-state index in [4.69, 9.17) is 4.74 Å². The van der Waals surface area contributed by atoms with Crippen molar-refractivity contribution in [1.29, 1.82) is 0 Å². The first-order valence-corrected chi connectivity index (χ1v) is 15.2. The average molecular weight is 637 g/mol. The lowest BCUT2D eigenvalue weighted by atomic mass is 10.0. The second kappa shape index (κ2) is 15.6. The molecule has 0 saturated heterocycles. The van der Waals surface area contributed by atoms with Gasteiger partial charge >= 0.3 is 6.09 Å². The van der Waals surface area contributed by atoms with Crippen LogP contribution in [-0.4, -0.2) is 51.9 Å². The van der Waals surface area contributed by atoms with Crippen LogP contribution in [0.4, 0.5) is 10.5 Å². The number of aromatic hydroxyl groups is 1. The molecule has 0 radical (unpaired) electrons. The maximum atomic E-state index is 12.6. The van der Waals surface area contributed by atoms with Crippen molar-refractivity contribution in [1.82, 2.24) is 15.6 Å². The van der Waals surface area contributed by atoms with Gasteiger partial charge in [-0.15, -0.1) is 0 Å². The molecule has 0 spiro atoms. The van der Waals surface area contributed by atoms with Gasteiger partial charge in [-0.05, 0) is 66.1 Å². The smallest absolute Gasteiger partial charge is 0.412 e. The van der Waals surface area contributed by atoms with Crippen molar-refractivity contribution in [2.24, 2.45) is 0 Å². The van der Waals surface area contributed by atoms with Gasteiger partial charge in [0.2, 0.25) is 5.56 Å². The van der Waals surface area contributed by atoms with E-state index >= 15 is 0 Å². The number of hydrogen-bond donors (Lipinski definition) is 6. The van der Waals surface area contributed by atoms with Crippen molar-refractivity contribution in [3.63, 3.8) is 0 Å². The molecule has 0 aliphatic rings. The molecular formula is C36H36N4O7. The number of carbonyl (C=O) groups is 2. The Labute approximate surface area is 271 Å². The third-order valence-corrected chi connectivity index (χ3v) is 7.58. The quantitative estimate of drug-likeness (QED) is 0.0934. The van der Waals surface area contributed by atoms with Gasteiger partial charge in [-0.2, -0.15) is 0 Å². The SMILES string of the molecule is O=C(NCCCNCC(O)c1ccc(O)c2[nH]c(=O)ccc12)c1ccc(COc2cccc(N(Cc3ccccc3)C(=O)O)c2)cc1. The summed E-state index contributed by atoms with van der Waals surface area (Å²) in [5.74, 6) is 0.256. The molecule has 2 amide bonds. The Kier molecular flexibility index (Phi) is 10.8. The summed E-state index contributed by atoms with van der Waals surface area (Å²) in [6, 6.07) is 29.3. The molecule has 0 aliphatic carbocycles. The molecule has 11 heteroatoms. The Morgan fingerprint density at radius 3 is 2.43 bits per heavy atom. The first-order valence-electron chi connectivity index (χ1n) is 15.2. The number of carboxylic acid groups (broad SMARTS) is 1. The van der Waals surface area contributed by atoms with E-state index in [9.17, 15) is 29.7 Å². The van der Waals surface area contributed by atoms with Crippen molar-refractivity contribution >= 4 is 28.6 Å². The zero-order valence-electron chi connectivity index (χ0n) is 25.6. The van der Waals surface area contributed by atoms with Gasteiger partial charge in [0.05, 0.1) is 23.9 Å². The number of aromatic nitrogens is 1. The Balaban J connectivity index is 1.04. The zero-order chi connectivity index (χ0) is 33.2. The van der Waals surface area contributed by atoms with E-state index in [1.165, 1.54) is 17.0 Å². The molecule has 1 heterocycles. The molecule has 1 aromatic heterocycles. The van der Waals surface area contributed by atoms with Gasteiger partial charge in [0.15, 0.2) is 0 Å². The summed E-state index contributed by atoms with van der Waals surface area (Å²) in [4.78, 5) is 40.0. The lowest BCUT2D eigenvalue weighted by Crippen LogP contribution is -2.29. The van der Waals surface area contributed by atoms with Crippen LogP contribution in [0.1, 0.15) is 39.6 Å². The fourth-order valence-electron chi connectivity index (χ4n) is 5.11. The second-order valence-electron chi connectivity index (χ2n) is 11.0. The number of carbonyl (C=O) groups excluding carboxylic acids is 1. The van der Waals surface area contributed by atoms with Crippen molar-refractivity contribution in [2.75, 3.05) is 24.5 Å². The highest BCUT2D eigenvalue weighted by molar-refractivity contribution is 5.94. The number of benzene rings is 4. The zero-order valence-corrected chi connectivity index (χ0v) is 25.6. The lowest BCUT2D eigenvalue weighted by Gasteiger charge is -2.20. The summed E-state index contributed by atoms with van der Waals surface area (Å²) >= 11 is 0.